The van der Waals surface area contributed by atoms with Crippen molar-refractivity contribution in [3.05, 3.63) is 0 Å². The summed E-state index contributed by atoms with van der Waals surface area (Å²) >= 11 is 0. The Morgan fingerprint density at radius 2 is 2.20 bits per heavy atom. The Hall–Kier alpha value is -0.0800. The fraction of sp³-hybridized carbons (Fsp3) is 1.00. The molecule has 10 heavy (non-hydrogen) atoms. The molecule has 3 rings (SSSR count). The van der Waals surface area contributed by atoms with Crippen LogP contribution in [0.1, 0.15) is 19.3 Å². The quantitative estimate of drug-likeness (QED) is 0.530. The van der Waals surface area contributed by atoms with Crippen molar-refractivity contribution in [3.8, 4) is 0 Å². The molecule has 2 aliphatic heterocycles. The van der Waals surface area contributed by atoms with Crippen molar-refractivity contribution in [1.29, 1.82) is 0 Å². The molecule has 3 atom stereocenters. The van der Waals surface area contributed by atoms with Gasteiger partial charge in [-0.05, 0) is 32.2 Å². The Balaban J connectivity index is 2.11. The topological polar surface area (TPSA) is 23.5 Å². The van der Waals surface area contributed by atoms with Crippen molar-refractivity contribution in [2.45, 2.75) is 31.4 Å². The third-order valence-corrected chi connectivity index (χ3v) is 3.00. The van der Waals surface area contributed by atoms with Crippen LogP contribution in [0.3, 0.4) is 0 Å². The summed E-state index contributed by atoms with van der Waals surface area (Å²) in [5, 5.41) is 9.53. The van der Waals surface area contributed by atoms with E-state index in [2.05, 4.69) is 11.9 Å². The molecule has 2 bridgehead atoms. The van der Waals surface area contributed by atoms with Crippen molar-refractivity contribution < 1.29 is 5.11 Å². The number of aliphatic hydroxyl groups is 1. The summed E-state index contributed by atoms with van der Waals surface area (Å²) in [5.74, 6) is 0.782. The SMILES string of the molecule is CN1CC2CCC1[C@@H](O)C2. The van der Waals surface area contributed by atoms with Crippen LogP contribution in [0.5, 0.6) is 0 Å². The molecule has 2 nitrogen and oxygen atoms in total. The maximum atomic E-state index is 9.53. The second kappa shape index (κ2) is 2.21. The van der Waals surface area contributed by atoms with E-state index in [9.17, 15) is 5.11 Å². The van der Waals surface area contributed by atoms with Crippen LogP contribution in [0.2, 0.25) is 0 Å². The largest absolute Gasteiger partial charge is 0.391 e. The van der Waals surface area contributed by atoms with Crippen LogP contribution in [0, 0.1) is 5.92 Å². The van der Waals surface area contributed by atoms with E-state index in [1.165, 1.54) is 19.4 Å². The highest BCUT2D eigenvalue weighted by atomic mass is 16.3. The number of hydrogen-bond acceptors (Lipinski definition) is 2. The number of piperidine rings is 2. The summed E-state index contributed by atoms with van der Waals surface area (Å²) in [4.78, 5) is 2.31. The smallest absolute Gasteiger partial charge is 0.0698 e. The average molecular weight is 141 g/mol. The first-order valence-electron chi connectivity index (χ1n) is 4.15. The average Bonchev–Trinajstić information content (AvgIpc) is 1.86. The Bertz CT molecular complexity index is 125. The van der Waals surface area contributed by atoms with E-state index in [-0.39, 0.29) is 6.10 Å². The van der Waals surface area contributed by atoms with Crippen LogP contribution in [-0.4, -0.2) is 35.7 Å². The number of rotatable bonds is 0. The van der Waals surface area contributed by atoms with Crippen LogP contribution in [0.4, 0.5) is 0 Å². The van der Waals surface area contributed by atoms with Gasteiger partial charge in [-0.15, -0.1) is 0 Å². The van der Waals surface area contributed by atoms with Crippen molar-refractivity contribution in [2.24, 2.45) is 5.92 Å². The van der Waals surface area contributed by atoms with Gasteiger partial charge in [0.25, 0.3) is 0 Å². The lowest BCUT2D eigenvalue weighted by Crippen LogP contribution is -2.53. The Labute approximate surface area is 61.8 Å². The maximum Gasteiger partial charge on any atom is 0.0698 e. The molecule has 2 heterocycles. The van der Waals surface area contributed by atoms with E-state index < -0.39 is 0 Å². The minimum atomic E-state index is -0.0301. The molecule has 2 saturated heterocycles. The van der Waals surface area contributed by atoms with Crippen LogP contribution in [0.25, 0.3) is 0 Å². The Morgan fingerprint density at radius 3 is 2.60 bits per heavy atom. The monoisotopic (exact) mass is 141 g/mol. The zero-order valence-corrected chi connectivity index (χ0v) is 6.45. The van der Waals surface area contributed by atoms with Crippen LogP contribution >= 0.6 is 0 Å². The lowest BCUT2D eigenvalue weighted by Gasteiger charge is -2.46. The molecule has 2 unspecified atom stereocenters. The Morgan fingerprint density at radius 1 is 1.40 bits per heavy atom. The zero-order chi connectivity index (χ0) is 7.14. The molecule has 1 aliphatic carbocycles. The van der Waals surface area contributed by atoms with Gasteiger partial charge in [0.15, 0.2) is 0 Å². The maximum absolute atomic E-state index is 9.53. The fourth-order valence-electron chi connectivity index (χ4n) is 2.44. The summed E-state index contributed by atoms with van der Waals surface area (Å²) in [6, 6.07) is 0.477. The van der Waals surface area contributed by atoms with Gasteiger partial charge in [0.1, 0.15) is 0 Å². The molecule has 0 amide bonds. The molecule has 3 aliphatic rings. The van der Waals surface area contributed by atoms with Gasteiger partial charge in [-0.3, -0.25) is 0 Å². The summed E-state index contributed by atoms with van der Waals surface area (Å²) in [6.07, 6.45) is 3.57. The second-order valence-electron chi connectivity index (χ2n) is 3.75. The predicted molar refractivity (Wildman–Crippen MR) is 39.8 cm³/mol. The zero-order valence-electron chi connectivity index (χ0n) is 6.45. The summed E-state index contributed by atoms with van der Waals surface area (Å²) in [5.41, 5.74) is 0. The summed E-state index contributed by atoms with van der Waals surface area (Å²) in [7, 11) is 2.12. The van der Waals surface area contributed by atoms with Gasteiger partial charge in [-0.2, -0.15) is 0 Å². The first-order chi connectivity index (χ1) is 4.77. The van der Waals surface area contributed by atoms with E-state index >= 15 is 0 Å². The molecule has 0 spiro atoms. The Kier molecular flexibility index (Phi) is 1.46. The highest BCUT2D eigenvalue weighted by Gasteiger charge is 2.37. The lowest BCUT2D eigenvalue weighted by molar-refractivity contribution is -0.0417. The molecular weight excluding hydrogens is 126 g/mol. The second-order valence-corrected chi connectivity index (χ2v) is 3.75. The van der Waals surface area contributed by atoms with Gasteiger partial charge in [-0.1, -0.05) is 0 Å². The molecule has 0 aromatic rings. The molecule has 0 radical (unpaired) electrons. The molecule has 58 valence electrons. The molecule has 0 aromatic heterocycles. The molecule has 2 heteroatoms. The number of likely N-dealkylation sites (N-methyl/N-ethyl adjacent to an activating group) is 1. The van der Waals surface area contributed by atoms with Crippen molar-refractivity contribution >= 4 is 0 Å². The minimum absolute atomic E-state index is 0.0301. The van der Waals surface area contributed by atoms with Crippen molar-refractivity contribution in [1.82, 2.24) is 4.90 Å². The van der Waals surface area contributed by atoms with Crippen molar-refractivity contribution in [2.75, 3.05) is 13.6 Å². The highest BCUT2D eigenvalue weighted by molar-refractivity contribution is 4.92. The molecule has 1 saturated carbocycles. The molecular formula is C8H15NO. The normalized spacial score (nSPS) is 48.0. The van der Waals surface area contributed by atoms with E-state index in [0.717, 1.165) is 12.3 Å². The number of fused-ring (bicyclic) bond motifs is 3. The minimum Gasteiger partial charge on any atom is -0.391 e. The van der Waals surface area contributed by atoms with E-state index in [4.69, 9.17) is 0 Å². The van der Waals surface area contributed by atoms with E-state index in [1.54, 1.807) is 0 Å². The molecule has 1 N–H and O–H groups in total. The summed E-state index contributed by atoms with van der Waals surface area (Å²) < 4.78 is 0. The summed E-state index contributed by atoms with van der Waals surface area (Å²) in [6.45, 7) is 1.21. The lowest BCUT2D eigenvalue weighted by atomic mass is 9.78. The van der Waals surface area contributed by atoms with Gasteiger partial charge in [0.2, 0.25) is 0 Å². The number of aliphatic hydroxyl groups excluding tert-OH is 1. The number of nitrogens with zero attached hydrogens (tertiary/aromatic N) is 1. The highest BCUT2D eigenvalue weighted by Crippen LogP contribution is 2.33. The number of hydrogen-bond donors (Lipinski definition) is 1. The van der Waals surface area contributed by atoms with Crippen LogP contribution in [0.15, 0.2) is 0 Å². The third-order valence-electron chi connectivity index (χ3n) is 3.00. The molecule has 0 aromatic carbocycles. The molecule has 3 fully saturated rings. The van der Waals surface area contributed by atoms with Gasteiger partial charge >= 0.3 is 0 Å². The fourth-order valence-corrected chi connectivity index (χ4v) is 2.44. The van der Waals surface area contributed by atoms with Gasteiger partial charge in [-0.25, -0.2) is 0 Å². The van der Waals surface area contributed by atoms with Gasteiger partial charge in [0, 0.05) is 12.6 Å². The predicted octanol–water partition coefficient (Wildman–Crippen LogP) is 0.461. The van der Waals surface area contributed by atoms with E-state index in [0.29, 0.717) is 6.04 Å². The third kappa shape index (κ3) is 0.867. The standard InChI is InChI=1S/C8H15NO/c1-9-5-6-2-3-7(9)8(10)4-6/h6-8,10H,2-5H2,1H3/t6?,7?,8-/m0/s1. The van der Waals surface area contributed by atoms with Gasteiger partial charge < -0.3 is 10.0 Å². The first-order valence-corrected chi connectivity index (χ1v) is 4.15. The van der Waals surface area contributed by atoms with Crippen molar-refractivity contribution in [3.63, 3.8) is 0 Å². The van der Waals surface area contributed by atoms with Crippen LogP contribution in [-0.2, 0) is 0 Å². The first kappa shape index (κ1) is 6.62. The van der Waals surface area contributed by atoms with E-state index in [1.807, 2.05) is 0 Å². The van der Waals surface area contributed by atoms with Gasteiger partial charge in [0.05, 0.1) is 6.10 Å². The van der Waals surface area contributed by atoms with Crippen LogP contribution < -0.4 is 0 Å².